The fourth-order valence-electron chi connectivity index (χ4n) is 1.32. The summed E-state index contributed by atoms with van der Waals surface area (Å²) in [5, 5.41) is 18.6. The molecule has 0 fully saturated rings. The summed E-state index contributed by atoms with van der Waals surface area (Å²) < 4.78 is 0. The highest BCUT2D eigenvalue weighted by molar-refractivity contribution is 6.31. The molecule has 78 valence electrons. The third-order valence-corrected chi connectivity index (χ3v) is 2.59. The molecule has 0 bridgehead atoms. The van der Waals surface area contributed by atoms with Gasteiger partial charge in [-0.25, -0.2) is 0 Å². The quantitative estimate of drug-likeness (QED) is 0.803. The minimum atomic E-state index is -0.116. The van der Waals surface area contributed by atoms with Gasteiger partial charge in [-0.1, -0.05) is 23.7 Å². The van der Waals surface area contributed by atoms with Gasteiger partial charge in [0.15, 0.2) is 0 Å². The average molecular weight is 215 g/mol. The standard InChI is InChI=1S/C11H15ClO2/c1-8-2-3-10(11(12)4-8)5-9(6-13)7-14/h2-4,9,13-14H,5-7H2,1H3. The van der Waals surface area contributed by atoms with E-state index in [0.717, 1.165) is 11.1 Å². The van der Waals surface area contributed by atoms with Gasteiger partial charge in [0.1, 0.15) is 0 Å². The summed E-state index contributed by atoms with van der Waals surface area (Å²) in [4.78, 5) is 0. The highest BCUT2D eigenvalue weighted by Crippen LogP contribution is 2.20. The second-order valence-electron chi connectivity index (χ2n) is 3.53. The number of benzene rings is 1. The monoisotopic (exact) mass is 214 g/mol. The molecular weight excluding hydrogens is 200 g/mol. The van der Waals surface area contributed by atoms with Crippen LogP contribution in [-0.4, -0.2) is 23.4 Å². The van der Waals surface area contributed by atoms with Crippen LogP contribution in [0.3, 0.4) is 0 Å². The first kappa shape index (κ1) is 11.5. The summed E-state index contributed by atoms with van der Waals surface area (Å²) in [5.41, 5.74) is 2.09. The van der Waals surface area contributed by atoms with Crippen LogP contribution in [0.5, 0.6) is 0 Å². The lowest BCUT2D eigenvalue weighted by Gasteiger charge is -2.12. The van der Waals surface area contributed by atoms with Crippen molar-refractivity contribution < 1.29 is 10.2 Å². The zero-order chi connectivity index (χ0) is 10.6. The van der Waals surface area contributed by atoms with E-state index in [2.05, 4.69) is 0 Å². The average Bonchev–Trinajstić information content (AvgIpc) is 2.17. The fraction of sp³-hybridized carbons (Fsp3) is 0.455. The molecule has 0 saturated carbocycles. The van der Waals surface area contributed by atoms with Crippen molar-refractivity contribution >= 4 is 11.6 Å². The molecular formula is C11H15ClO2. The van der Waals surface area contributed by atoms with Crippen LogP contribution < -0.4 is 0 Å². The lowest BCUT2D eigenvalue weighted by Crippen LogP contribution is -2.14. The third-order valence-electron chi connectivity index (χ3n) is 2.23. The van der Waals surface area contributed by atoms with Gasteiger partial charge in [-0.2, -0.15) is 0 Å². The molecule has 0 atom stereocenters. The van der Waals surface area contributed by atoms with Gasteiger partial charge in [0.2, 0.25) is 0 Å². The molecule has 0 spiro atoms. The fourth-order valence-corrected chi connectivity index (χ4v) is 1.63. The first-order chi connectivity index (χ1) is 6.67. The predicted molar refractivity (Wildman–Crippen MR) is 57.6 cm³/mol. The van der Waals surface area contributed by atoms with Crippen molar-refractivity contribution in [2.75, 3.05) is 13.2 Å². The SMILES string of the molecule is Cc1ccc(CC(CO)CO)c(Cl)c1. The van der Waals surface area contributed by atoms with Crippen LogP contribution in [0.1, 0.15) is 11.1 Å². The Kier molecular flexibility index (Phi) is 4.39. The van der Waals surface area contributed by atoms with Gasteiger partial charge in [0.25, 0.3) is 0 Å². The predicted octanol–water partition coefficient (Wildman–Crippen LogP) is 1.79. The maximum Gasteiger partial charge on any atom is 0.0484 e. The summed E-state index contributed by atoms with van der Waals surface area (Å²) in [6.45, 7) is 1.95. The number of rotatable bonds is 4. The van der Waals surface area contributed by atoms with Gasteiger partial charge >= 0.3 is 0 Å². The molecule has 0 unspecified atom stereocenters. The van der Waals surface area contributed by atoms with Crippen molar-refractivity contribution in [3.63, 3.8) is 0 Å². The molecule has 0 aliphatic heterocycles. The molecule has 1 aromatic rings. The highest BCUT2D eigenvalue weighted by Gasteiger charge is 2.09. The number of aliphatic hydroxyl groups excluding tert-OH is 2. The van der Waals surface area contributed by atoms with E-state index in [4.69, 9.17) is 21.8 Å². The Bertz CT molecular complexity index is 295. The number of hydrogen-bond donors (Lipinski definition) is 2. The van der Waals surface area contributed by atoms with Crippen LogP contribution in [-0.2, 0) is 6.42 Å². The molecule has 1 aromatic carbocycles. The minimum absolute atomic E-state index is 0.0132. The van der Waals surface area contributed by atoms with Crippen molar-refractivity contribution in [1.82, 2.24) is 0 Å². The maximum atomic E-state index is 8.93. The summed E-state index contributed by atoms with van der Waals surface area (Å²) in [6, 6.07) is 5.81. The van der Waals surface area contributed by atoms with E-state index < -0.39 is 0 Å². The Hall–Kier alpha value is -0.570. The van der Waals surface area contributed by atoms with E-state index in [1.54, 1.807) is 0 Å². The van der Waals surface area contributed by atoms with Crippen molar-refractivity contribution in [1.29, 1.82) is 0 Å². The van der Waals surface area contributed by atoms with Crippen LogP contribution in [0.4, 0.5) is 0 Å². The van der Waals surface area contributed by atoms with Crippen LogP contribution in [0.15, 0.2) is 18.2 Å². The van der Waals surface area contributed by atoms with E-state index in [-0.39, 0.29) is 19.1 Å². The number of aryl methyl sites for hydroxylation is 1. The van der Waals surface area contributed by atoms with Gasteiger partial charge in [-0.05, 0) is 30.5 Å². The second-order valence-corrected chi connectivity index (χ2v) is 3.94. The summed E-state index contributed by atoms with van der Waals surface area (Å²) >= 11 is 6.02. The zero-order valence-corrected chi connectivity index (χ0v) is 8.96. The van der Waals surface area contributed by atoms with Gasteiger partial charge in [0, 0.05) is 24.2 Å². The lowest BCUT2D eigenvalue weighted by atomic mass is 10.00. The third kappa shape index (κ3) is 2.98. The topological polar surface area (TPSA) is 40.5 Å². The van der Waals surface area contributed by atoms with Crippen molar-refractivity contribution in [3.8, 4) is 0 Å². The normalized spacial score (nSPS) is 10.9. The largest absolute Gasteiger partial charge is 0.396 e. The molecule has 3 heteroatoms. The minimum Gasteiger partial charge on any atom is -0.396 e. The van der Waals surface area contributed by atoms with Gasteiger partial charge in [-0.15, -0.1) is 0 Å². The Labute approximate surface area is 89.1 Å². The molecule has 0 aliphatic carbocycles. The van der Waals surface area contributed by atoms with E-state index in [1.165, 1.54) is 0 Å². The van der Waals surface area contributed by atoms with Crippen LogP contribution in [0.25, 0.3) is 0 Å². The molecule has 0 aromatic heterocycles. The Morgan fingerprint density at radius 3 is 2.43 bits per heavy atom. The molecule has 0 saturated heterocycles. The molecule has 0 heterocycles. The smallest absolute Gasteiger partial charge is 0.0484 e. The summed E-state index contributed by atoms with van der Waals surface area (Å²) in [5.74, 6) is -0.116. The van der Waals surface area contributed by atoms with E-state index in [9.17, 15) is 0 Å². The second kappa shape index (κ2) is 5.35. The summed E-state index contributed by atoms with van der Waals surface area (Å²) in [6.07, 6.45) is 0.617. The first-order valence-corrected chi connectivity index (χ1v) is 5.02. The van der Waals surface area contributed by atoms with Crippen LogP contribution >= 0.6 is 11.6 Å². The highest BCUT2D eigenvalue weighted by atomic mass is 35.5. The maximum absolute atomic E-state index is 8.93. The Morgan fingerprint density at radius 2 is 1.93 bits per heavy atom. The van der Waals surface area contributed by atoms with Crippen LogP contribution in [0.2, 0.25) is 5.02 Å². The molecule has 14 heavy (non-hydrogen) atoms. The Morgan fingerprint density at radius 1 is 1.29 bits per heavy atom. The molecule has 2 N–H and O–H groups in total. The first-order valence-electron chi connectivity index (χ1n) is 4.64. The van der Waals surface area contributed by atoms with E-state index in [0.29, 0.717) is 11.4 Å². The summed E-state index contributed by atoms with van der Waals surface area (Å²) in [7, 11) is 0. The van der Waals surface area contributed by atoms with Crippen molar-refractivity contribution in [3.05, 3.63) is 34.3 Å². The molecule has 1 rings (SSSR count). The van der Waals surface area contributed by atoms with Gasteiger partial charge in [-0.3, -0.25) is 0 Å². The Balaban J connectivity index is 2.76. The lowest BCUT2D eigenvalue weighted by molar-refractivity contribution is 0.150. The van der Waals surface area contributed by atoms with E-state index >= 15 is 0 Å². The molecule has 0 aliphatic rings. The number of halogens is 1. The van der Waals surface area contributed by atoms with Crippen molar-refractivity contribution in [2.24, 2.45) is 5.92 Å². The molecule has 2 nitrogen and oxygen atoms in total. The van der Waals surface area contributed by atoms with Gasteiger partial charge in [0.05, 0.1) is 0 Å². The van der Waals surface area contributed by atoms with E-state index in [1.807, 2.05) is 25.1 Å². The van der Waals surface area contributed by atoms with Gasteiger partial charge < -0.3 is 10.2 Å². The molecule has 0 amide bonds. The number of aliphatic hydroxyl groups is 2. The molecule has 0 radical (unpaired) electrons. The zero-order valence-electron chi connectivity index (χ0n) is 8.20. The van der Waals surface area contributed by atoms with Crippen molar-refractivity contribution in [2.45, 2.75) is 13.3 Å². The number of hydrogen-bond acceptors (Lipinski definition) is 2. The van der Waals surface area contributed by atoms with Crippen LogP contribution in [0, 0.1) is 12.8 Å².